The Morgan fingerprint density at radius 1 is 1.56 bits per heavy atom. The van der Waals surface area contributed by atoms with Gasteiger partial charge >= 0.3 is 0 Å². The fourth-order valence-corrected chi connectivity index (χ4v) is 2.65. The van der Waals surface area contributed by atoms with Crippen LogP contribution in [0.15, 0.2) is 18.2 Å². The molecule has 2 unspecified atom stereocenters. The number of likely N-dealkylation sites (N-methyl/N-ethyl adjacent to an activating group) is 1. The van der Waals surface area contributed by atoms with Crippen molar-refractivity contribution in [2.24, 2.45) is 0 Å². The van der Waals surface area contributed by atoms with Gasteiger partial charge in [-0.25, -0.2) is 4.39 Å². The minimum absolute atomic E-state index is 0.158. The van der Waals surface area contributed by atoms with Crippen LogP contribution in [0.3, 0.4) is 0 Å². The number of hydrogen-bond acceptors (Lipinski definition) is 2. The molecule has 100 valence electrons. The van der Waals surface area contributed by atoms with Gasteiger partial charge < -0.3 is 10.1 Å². The summed E-state index contributed by atoms with van der Waals surface area (Å²) in [7, 11) is 0. The molecule has 18 heavy (non-hydrogen) atoms. The Morgan fingerprint density at radius 2 is 2.39 bits per heavy atom. The molecule has 4 heteroatoms. The standard InChI is InChI=1S/C14H19ClFNO/c1-2-17-12(13-7-4-8-18-13)9-10-5-3-6-11(15)14(10)16/h3,5-6,12-13,17H,2,4,7-9H2,1H3. The predicted octanol–water partition coefficient (Wildman–Crippen LogP) is 3.18. The molecule has 2 atom stereocenters. The molecule has 1 fully saturated rings. The van der Waals surface area contributed by atoms with Gasteiger partial charge in [-0.2, -0.15) is 0 Å². The van der Waals surface area contributed by atoms with Crippen LogP contribution < -0.4 is 5.32 Å². The fraction of sp³-hybridized carbons (Fsp3) is 0.571. The zero-order valence-corrected chi connectivity index (χ0v) is 11.3. The summed E-state index contributed by atoms with van der Waals surface area (Å²) in [4.78, 5) is 0. The molecule has 0 spiro atoms. The zero-order chi connectivity index (χ0) is 13.0. The normalized spacial score (nSPS) is 21.2. The van der Waals surface area contributed by atoms with E-state index in [-0.39, 0.29) is 23.0 Å². The second-order valence-electron chi connectivity index (χ2n) is 4.63. The molecule has 0 saturated carbocycles. The second-order valence-corrected chi connectivity index (χ2v) is 5.04. The van der Waals surface area contributed by atoms with Crippen molar-refractivity contribution in [3.63, 3.8) is 0 Å². The van der Waals surface area contributed by atoms with Crippen LogP contribution in [0, 0.1) is 5.82 Å². The van der Waals surface area contributed by atoms with Gasteiger partial charge in [-0.15, -0.1) is 0 Å². The first kappa shape index (κ1) is 13.8. The molecule has 1 N–H and O–H groups in total. The maximum absolute atomic E-state index is 13.9. The molecule has 2 rings (SSSR count). The highest BCUT2D eigenvalue weighted by atomic mass is 35.5. The van der Waals surface area contributed by atoms with Crippen LogP contribution in [0.25, 0.3) is 0 Å². The van der Waals surface area contributed by atoms with Crippen LogP contribution in [0.4, 0.5) is 4.39 Å². The highest BCUT2D eigenvalue weighted by Crippen LogP contribution is 2.23. The van der Waals surface area contributed by atoms with Crippen LogP contribution in [-0.4, -0.2) is 25.3 Å². The van der Waals surface area contributed by atoms with Gasteiger partial charge in [0.05, 0.1) is 11.1 Å². The molecule has 0 radical (unpaired) electrons. The molecule has 1 heterocycles. The van der Waals surface area contributed by atoms with Gasteiger partial charge in [0, 0.05) is 12.6 Å². The van der Waals surface area contributed by atoms with E-state index in [1.54, 1.807) is 18.2 Å². The van der Waals surface area contributed by atoms with Crippen LogP contribution in [0.5, 0.6) is 0 Å². The maximum atomic E-state index is 13.9. The summed E-state index contributed by atoms with van der Waals surface area (Å²) in [6.45, 7) is 3.72. The molecule has 1 aliphatic rings. The van der Waals surface area contributed by atoms with Gasteiger partial charge in [0.1, 0.15) is 5.82 Å². The molecule has 1 aromatic rings. The van der Waals surface area contributed by atoms with E-state index in [9.17, 15) is 4.39 Å². The Morgan fingerprint density at radius 3 is 3.06 bits per heavy atom. The van der Waals surface area contributed by atoms with Crippen molar-refractivity contribution >= 4 is 11.6 Å². The van der Waals surface area contributed by atoms with Crippen molar-refractivity contribution in [2.75, 3.05) is 13.2 Å². The monoisotopic (exact) mass is 271 g/mol. The second kappa shape index (κ2) is 6.50. The van der Waals surface area contributed by atoms with Gasteiger partial charge in [0.2, 0.25) is 0 Å². The van der Waals surface area contributed by atoms with Crippen LogP contribution in [0.1, 0.15) is 25.3 Å². The maximum Gasteiger partial charge on any atom is 0.145 e. The quantitative estimate of drug-likeness (QED) is 0.888. The van der Waals surface area contributed by atoms with Crippen LogP contribution >= 0.6 is 11.6 Å². The van der Waals surface area contributed by atoms with E-state index >= 15 is 0 Å². The molecule has 0 amide bonds. The Kier molecular flexibility index (Phi) is 4.98. The van der Waals surface area contributed by atoms with Crippen molar-refractivity contribution in [1.29, 1.82) is 0 Å². The third kappa shape index (κ3) is 3.22. The first-order valence-electron chi connectivity index (χ1n) is 6.50. The molecule has 0 aliphatic carbocycles. The molecule has 1 saturated heterocycles. The van der Waals surface area contributed by atoms with E-state index in [0.717, 1.165) is 26.0 Å². The average molecular weight is 272 g/mol. The molecule has 0 bridgehead atoms. The van der Waals surface area contributed by atoms with E-state index in [1.807, 2.05) is 0 Å². The zero-order valence-electron chi connectivity index (χ0n) is 10.6. The van der Waals surface area contributed by atoms with Gasteiger partial charge in [0.15, 0.2) is 0 Å². The highest BCUT2D eigenvalue weighted by molar-refractivity contribution is 6.30. The summed E-state index contributed by atoms with van der Waals surface area (Å²) in [6.07, 6.45) is 2.93. The fourth-order valence-electron chi connectivity index (χ4n) is 2.46. The Labute approximate surface area is 112 Å². The lowest BCUT2D eigenvalue weighted by atomic mass is 9.99. The Bertz CT molecular complexity index is 393. The number of halogens is 2. The minimum Gasteiger partial charge on any atom is -0.377 e. The molecule has 2 nitrogen and oxygen atoms in total. The number of benzene rings is 1. The molecule has 1 aliphatic heterocycles. The highest BCUT2D eigenvalue weighted by Gasteiger charge is 2.26. The molecular formula is C14H19ClFNO. The summed E-state index contributed by atoms with van der Waals surface area (Å²) < 4.78 is 19.6. The van der Waals surface area contributed by atoms with Crippen molar-refractivity contribution in [3.8, 4) is 0 Å². The van der Waals surface area contributed by atoms with Gasteiger partial charge in [0.25, 0.3) is 0 Å². The Hall–Kier alpha value is -0.640. The van der Waals surface area contributed by atoms with Gasteiger partial charge in [-0.1, -0.05) is 30.7 Å². The lowest BCUT2D eigenvalue weighted by Crippen LogP contribution is -2.41. The van der Waals surface area contributed by atoms with E-state index in [2.05, 4.69) is 12.2 Å². The first-order chi connectivity index (χ1) is 8.72. The van der Waals surface area contributed by atoms with Crippen molar-refractivity contribution in [1.82, 2.24) is 5.32 Å². The number of ether oxygens (including phenoxy) is 1. The van der Waals surface area contributed by atoms with E-state index in [0.29, 0.717) is 12.0 Å². The van der Waals surface area contributed by atoms with Crippen molar-refractivity contribution in [2.45, 2.75) is 38.3 Å². The van der Waals surface area contributed by atoms with Gasteiger partial charge in [-0.3, -0.25) is 0 Å². The summed E-state index contributed by atoms with van der Waals surface area (Å²) in [5.41, 5.74) is 0.656. The largest absolute Gasteiger partial charge is 0.377 e. The smallest absolute Gasteiger partial charge is 0.145 e. The van der Waals surface area contributed by atoms with Crippen molar-refractivity contribution < 1.29 is 9.13 Å². The van der Waals surface area contributed by atoms with Crippen LogP contribution in [-0.2, 0) is 11.2 Å². The lowest BCUT2D eigenvalue weighted by molar-refractivity contribution is 0.0786. The summed E-state index contributed by atoms with van der Waals surface area (Å²) in [5.74, 6) is -0.305. The summed E-state index contributed by atoms with van der Waals surface area (Å²) in [6, 6.07) is 5.32. The third-order valence-corrected chi connectivity index (χ3v) is 3.64. The van der Waals surface area contributed by atoms with Crippen molar-refractivity contribution in [3.05, 3.63) is 34.6 Å². The van der Waals surface area contributed by atoms with E-state index < -0.39 is 0 Å². The molecular weight excluding hydrogens is 253 g/mol. The Balaban J connectivity index is 2.10. The summed E-state index contributed by atoms with van der Waals surface area (Å²) >= 11 is 5.81. The topological polar surface area (TPSA) is 21.3 Å². The average Bonchev–Trinajstić information content (AvgIpc) is 2.88. The number of hydrogen-bond donors (Lipinski definition) is 1. The first-order valence-corrected chi connectivity index (χ1v) is 6.88. The summed E-state index contributed by atoms with van der Waals surface area (Å²) in [5, 5.41) is 3.57. The van der Waals surface area contributed by atoms with Gasteiger partial charge in [-0.05, 0) is 37.4 Å². The van der Waals surface area contributed by atoms with E-state index in [4.69, 9.17) is 16.3 Å². The molecule has 0 aromatic heterocycles. The third-order valence-electron chi connectivity index (χ3n) is 3.35. The predicted molar refractivity (Wildman–Crippen MR) is 71.6 cm³/mol. The SMILES string of the molecule is CCNC(Cc1cccc(Cl)c1F)C1CCCO1. The number of nitrogens with one attached hydrogen (secondary N) is 1. The lowest BCUT2D eigenvalue weighted by Gasteiger charge is -2.24. The van der Waals surface area contributed by atoms with Crippen LogP contribution in [0.2, 0.25) is 5.02 Å². The number of rotatable bonds is 5. The molecule has 1 aromatic carbocycles. The van der Waals surface area contributed by atoms with E-state index in [1.165, 1.54) is 0 Å². The minimum atomic E-state index is -0.305.